The van der Waals surface area contributed by atoms with Crippen LogP contribution in [0, 0.1) is 6.92 Å². The van der Waals surface area contributed by atoms with Crippen LogP contribution in [0.1, 0.15) is 18.3 Å². The van der Waals surface area contributed by atoms with Gasteiger partial charge in [-0.25, -0.2) is 0 Å². The van der Waals surface area contributed by atoms with Gasteiger partial charge in [-0.05, 0) is 43.9 Å². The lowest BCUT2D eigenvalue weighted by Crippen LogP contribution is -2.36. The van der Waals surface area contributed by atoms with Crippen LogP contribution >= 0.6 is 23.4 Å². The van der Waals surface area contributed by atoms with Crippen molar-refractivity contribution in [3.05, 3.63) is 66.0 Å². The first kappa shape index (κ1) is 19.5. The van der Waals surface area contributed by atoms with E-state index in [1.165, 1.54) is 11.8 Å². The van der Waals surface area contributed by atoms with Crippen LogP contribution in [0.3, 0.4) is 0 Å². The fraction of sp³-hybridized carbons (Fsp3) is 0.250. The topological polar surface area (TPSA) is 51.0 Å². The van der Waals surface area contributed by atoms with E-state index < -0.39 is 5.38 Å². The third-order valence-corrected chi connectivity index (χ3v) is 5.03. The highest BCUT2D eigenvalue weighted by molar-refractivity contribution is 7.98. The standard InChI is InChI=1S/C20H21ClN4OS/c1-14-9-7-8-12-17(14)25-18(22-23-20(25)27-3)13-24(19(26)15(2)21)16-10-5-4-6-11-16/h4-12,15H,13H2,1-3H3. The van der Waals surface area contributed by atoms with E-state index in [9.17, 15) is 4.79 Å². The van der Waals surface area contributed by atoms with Crippen LogP contribution in [-0.4, -0.2) is 32.3 Å². The maximum atomic E-state index is 12.8. The van der Waals surface area contributed by atoms with Gasteiger partial charge in [0.1, 0.15) is 5.38 Å². The van der Waals surface area contributed by atoms with Crippen LogP contribution in [0.4, 0.5) is 5.69 Å². The van der Waals surface area contributed by atoms with Crippen LogP contribution < -0.4 is 4.90 Å². The highest BCUT2D eigenvalue weighted by Crippen LogP contribution is 2.25. The van der Waals surface area contributed by atoms with Crippen molar-refractivity contribution >= 4 is 35.0 Å². The normalized spacial score (nSPS) is 12.0. The predicted octanol–water partition coefficient (Wildman–Crippen LogP) is 4.46. The van der Waals surface area contributed by atoms with Crippen LogP contribution in [0.25, 0.3) is 5.69 Å². The molecule has 3 aromatic rings. The highest BCUT2D eigenvalue weighted by Gasteiger charge is 2.24. The molecule has 3 rings (SSSR count). The Morgan fingerprint density at radius 3 is 2.44 bits per heavy atom. The molecule has 0 aliphatic heterocycles. The lowest BCUT2D eigenvalue weighted by atomic mass is 10.2. The molecule has 27 heavy (non-hydrogen) atoms. The Labute approximate surface area is 168 Å². The van der Waals surface area contributed by atoms with Crippen molar-refractivity contribution in [2.75, 3.05) is 11.2 Å². The summed E-state index contributed by atoms with van der Waals surface area (Å²) in [6.45, 7) is 4.01. The van der Waals surface area contributed by atoms with E-state index in [4.69, 9.17) is 11.6 Å². The van der Waals surface area contributed by atoms with Gasteiger partial charge in [0.25, 0.3) is 0 Å². The lowest BCUT2D eigenvalue weighted by molar-refractivity contribution is -0.118. The molecule has 1 heterocycles. The number of carbonyl (C=O) groups is 1. The van der Waals surface area contributed by atoms with Crippen LogP contribution in [0.5, 0.6) is 0 Å². The minimum atomic E-state index is -0.639. The second-order valence-electron chi connectivity index (χ2n) is 6.10. The van der Waals surface area contributed by atoms with Gasteiger partial charge in [0.15, 0.2) is 11.0 Å². The molecule has 0 fully saturated rings. The monoisotopic (exact) mass is 400 g/mol. The Hall–Kier alpha value is -2.31. The quantitative estimate of drug-likeness (QED) is 0.453. The summed E-state index contributed by atoms with van der Waals surface area (Å²) in [5, 5.41) is 8.81. The Bertz CT molecular complexity index is 927. The van der Waals surface area contributed by atoms with E-state index in [1.807, 2.05) is 72.3 Å². The number of benzene rings is 2. The van der Waals surface area contributed by atoms with Crippen LogP contribution in [0.2, 0.25) is 0 Å². The summed E-state index contributed by atoms with van der Waals surface area (Å²) in [6.07, 6.45) is 1.96. The maximum Gasteiger partial charge on any atom is 0.245 e. The first-order valence-electron chi connectivity index (χ1n) is 8.57. The molecule has 0 saturated heterocycles. The number of hydrogen-bond acceptors (Lipinski definition) is 4. The fourth-order valence-corrected chi connectivity index (χ4v) is 3.48. The van der Waals surface area contributed by atoms with Gasteiger partial charge < -0.3 is 4.90 Å². The number of para-hydroxylation sites is 2. The number of halogens is 1. The number of aryl methyl sites for hydroxylation is 1. The Kier molecular flexibility index (Phi) is 6.19. The molecule has 1 aromatic heterocycles. The Balaban J connectivity index is 2.06. The summed E-state index contributed by atoms with van der Waals surface area (Å²) < 4.78 is 2.00. The zero-order valence-electron chi connectivity index (χ0n) is 15.5. The second-order valence-corrected chi connectivity index (χ2v) is 7.53. The average molecular weight is 401 g/mol. The average Bonchev–Trinajstić information content (AvgIpc) is 3.09. The number of nitrogens with zero attached hydrogens (tertiary/aromatic N) is 4. The first-order chi connectivity index (χ1) is 13.0. The molecule has 1 amide bonds. The molecule has 0 spiro atoms. The van der Waals surface area contributed by atoms with E-state index in [0.717, 1.165) is 22.1 Å². The van der Waals surface area contributed by atoms with E-state index in [1.54, 1.807) is 11.8 Å². The number of carbonyl (C=O) groups excluding carboxylic acids is 1. The summed E-state index contributed by atoms with van der Waals surface area (Å²) in [4.78, 5) is 14.4. The van der Waals surface area contributed by atoms with Gasteiger partial charge in [0.2, 0.25) is 5.91 Å². The maximum absolute atomic E-state index is 12.8. The van der Waals surface area contributed by atoms with E-state index in [0.29, 0.717) is 5.82 Å². The molecule has 0 N–H and O–H groups in total. The lowest BCUT2D eigenvalue weighted by Gasteiger charge is -2.24. The van der Waals surface area contributed by atoms with Crippen LogP contribution in [0.15, 0.2) is 59.8 Å². The van der Waals surface area contributed by atoms with Gasteiger partial charge in [-0.15, -0.1) is 21.8 Å². The summed E-state index contributed by atoms with van der Waals surface area (Å²) >= 11 is 7.63. The molecule has 0 aliphatic rings. The number of anilines is 1. The number of aromatic nitrogens is 3. The number of hydrogen-bond donors (Lipinski definition) is 0. The number of amides is 1. The number of thioether (sulfide) groups is 1. The predicted molar refractivity (Wildman–Crippen MR) is 111 cm³/mol. The molecule has 0 saturated carbocycles. The zero-order chi connectivity index (χ0) is 19.4. The van der Waals surface area contributed by atoms with Gasteiger partial charge in [0, 0.05) is 5.69 Å². The van der Waals surface area contributed by atoms with E-state index in [-0.39, 0.29) is 12.5 Å². The molecule has 2 aromatic carbocycles. The molecule has 5 nitrogen and oxygen atoms in total. The molecule has 0 radical (unpaired) electrons. The van der Waals surface area contributed by atoms with Gasteiger partial charge in [0.05, 0.1) is 12.2 Å². The molecule has 1 unspecified atom stereocenters. The van der Waals surface area contributed by atoms with Crippen molar-refractivity contribution in [2.45, 2.75) is 30.9 Å². The van der Waals surface area contributed by atoms with Crippen molar-refractivity contribution in [1.82, 2.24) is 14.8 Å². The summed E-state index contributed by atoms with van der Waals surface area (Å²) in [5.41, 5.74) is 2.89. The Morgan fingerprint density at radius 1 is 1.15 bits per heavy atom. The minimum Gasteiger partial charge on any atom is -0.303 e. The van der Waals surface area contributed by atoms with Crippen molar-refractivity contribution in [3.63, 3.8) is 0 Å². The highest BCUT2D eigenvalue weighted by atomic mass is 35.5. The summed E-state index contributed by atoms with van der Waals surface area (Å²) in [7, 11) is 0. The van der Waals surface area contributed by atoms with Crippen molar-refractivity contribution in [3.8, 4) is 5.69 Å². The second kappa shape index (κ2) is 8.59. The van der Waals surface area contributed by atoms with Crippen molar-refractivity contribution in [2.24, 2.45) is 0 Å². The third kappa shape index (κ3) is 4.17. The van der Waals surface area contributed by atoms with Gasteiger partial charge >= 0.3 is 0 Å². The van der Waals surface area contributed by atoms with Gasteiger partial charge in [-0.3, -0.25) is 9.36 Å². The fourth-order valence-electron chi connectivity index (χ4n) is 2.85. The molecular weight excluding hydrogens is 380 g/mol. The third-order valence-electron chi connectivity index (χ3n) is 4.21. The smallest absolute Gasteiger partial charge is 0.245 e. The van der Waals surface area contributed by atoms with E-state index >= 15 is 0 Å². The summed E-state index contributed by atoms with van der Waals surface area (Å²) in [6, 6.07) is 17.5. The largest absolute Gasteiger partial charge is 0.303 e. The molecule has 140 valence electrons. The Morgan fingerprint density at radius 2 is 1.81 bits per heavy atom. The van der Waals surface area contributed by atoms with Gasteiger partial charge in [-0.2, -0.15) is 0 Å². The SMILES string of the molecule is CSc1nnc(CN(C(=O)C(C)Cl)c2ccccc2)n1-c1ccccc1C. The molecular formula is C20H21ClN4OS. The molecule has 0 aliphatic carbocycles. The number of rotatable bonds is 6. The minimum absolute atomic E-state index is 0.173. The molecule has 7 heteroatoms. The number of alkyl halides is 1. The molecule has 1 atom stereocenters. The van der Waals surface area contributed by atoms with Gasteiger partial charge in [-0.1, -0.05) is 48.2 Å². The summed E-state index contributed by atoms with van der Waals surface area (Å²) in [5.74, 6) is 0.510. The van der Waals surface area contributed by atoms with Crippen LogP contribution in [-0.2, 0) is 11.3 Å². The van der Waals surface area contributed by atoms with Crippen molar-refractivity contribution in [1.29, 1.82) is 0 Å². The molecule has 0 bridgehead atoms. The van der Waals surface area contributed by atoms with E-state index in [2.05, 4.69) is 10.2 Å². The van der Waals surface area contributed by atoms with Crippen molar-refractivity contribution < 1.29 is 4.79 Å². The first-order valence-corrected chi connectivity index (χ1v) is 10.2. The zero-order valence-corrected chi connectivity index (χ0v) is 17.0.